The van der Waals surface area contributed by atoms with Crippen LogP contribution < -0.4 is 5.32 Å². The molecule has 0 radical (unpaired) electrons. The number of carbonyl (C=O) groups is 1. The van der Waals surface area contributed by atoms with Gasteiger partial charge in [0.15, 0.2) is 0 Å². The highest BCUT2D eigenvalue weighted by Gasteiger charge is 2.15. The van der Waals surface area contributed by atoms with E-state index in [-0.39, 0.29) is 18.4 Å². The Balaban J connectivity index is 2.38. The smallest absolute Gasteiger partial charge is 0.227 e. The van der Waals surface area contributed by atoms with Gasteiger partial charge < -0.3 is 15.2 Å². The summed E-state index contributed by atoms with van der Waals surface area (Å²) in [7, 11) is 1.54. The standard InChI is InChI=1S/C14H20BrNO3/c1-10(11-3-5-12(15)6-4-11)14(18)16-8-7-13(17)9-19-2/h3-6,10,13,17H,7-9H2,1-2H3,(H,16,18). The van der Waals surface area contributed by atoms with E-state index in [0.717, 1.165) is 10.0 Å². The molecule has 1 aromatic carbocycles. The second-order valence-electron chi connectivity index (χ2n) is 4.46. The molecule has 0 aliphatic rings. The molecule has 5 heteroatoms. The fourth-order valence-corrected chi connectivity index (χ4v) is 1.96. The quantitative estimate of drug-likeness (QED) is 0.805. The summed E-state index contributed by atoms with van der Waals surface area (Å²) in [6.07, 6.45) is -0.0413. The van der Waals surface area contributed by atoms with Crippen molar-refractivity contribution in [2.45, 2.75) is 25.4 Å². The topological polar surface area (TPSA) is 58.6 Å². The molecule has 106 valence electrons. The highest BCUT2D eigenvalue weighted by molar-refractivity contribution is 9.10. The zero-order valence-corrected chi connectivity index (χ0v) is 12.8. The predicted molar refractivity (Wildman–Crippen MR) is 78.1 cm³/mol. The summed E-state index contributed by atoms with van der Waals surface area (Å²) in [4.78, 5) is 11.9. The van der Waals surface area contributed by atoms with Crippen molar-refractivity contribution in [3.05, 3.63) is 34.3 Å². The highest BCUT2D eigenvalue weighted by Crippen LogP contribution is 2.18. The van der Waals surface area contributed by atoms with Gasteiger partial charge >= 0.3 is 0 Å². The van der Waals surface area contributed by atoms with Crippen LogP contribution in [0.15, 0.2) is 28.7 Å². The second-order valence-corrected chi connectivity index (χ2v) is 5.38. The lowest BCUT2D eigenvalue weighted by molar-refractivity contribution is -0.122. The fourth-order valence-electron chi connectivity index (χ4n) is 1.69. The molecule has 0 heterocycles. The molecule has 0 saturated heterocycles. The first kappa shape index (κ1) is 16.1. The lowest BCUT2D eigenvalue weighted by Gasteiger charge is -2.14. The Hall–Kier alpha value is -0.910. The second kappa shape index (κ2) is 8.30. The number of aliphatic hydroxyl groups excluding tert-OH is 1. The van der Waals surface area contributed by atoms with Crippen molar-refractivity contribution >= 4 is 21.8 Å². The minimum Gasteiger partial charge on any atom is -0.391 e. The van der Waals surface area contributed by atoms with Crippen LogP contribution in [0.4, 0.5) is 0 Å². The highest BCUT2D eigenvalue weighted by atomic mass is 79.9. The number of benzene rings is 1. The van der Waals surface area contributed by atoms with E-state index < -0.39 is 6.10 Å². The lowest BCUT2D eigenvalue weighted by Crippen LogP contribution is -2.31. The Bertz CT molecular complexity index is 394. The molecule has 2 unspecified atom stereocenters. The van der Waals surface area contributed by atoms with Crippen LogP contribution in [0.2, 0.25) is 0 Å². The van der Waals surface area contributed by atoms with E-state index in [4.69, 9.17) is 4.74 Å². The number of amides is 1. The van der Waals surface area contributed by atoms with Gasteiger partial charge in [0.25, 0.3) is 0 Å². The number of aliphatic hydroxyl groups is 1. The van der Waals surface area contributed by atoms with Crippen molar-refractivity contribution in [3.63, 3.8) is 0 Å². The number of methoxy groups -OCH3 is 1. The molecular weight excluding hydrogens is 310 g/mol. The average Bonchev–Trinajstić information content (AvgIpc) is 2.39. The first-order valence-electron chi connectivity index (χ1n) is 6.24. The molecule has 0 spiro atoms. The van der Waals surface area contributed by atoms with E-state index in [0.29, 0.717) is 13.0 Å². The van der Waals surface area contributed by atoms with E-state index in [1.807, 2.05) is 31.2 Å². The molecule has 1 rings (SSSR count). The van der Waals surface area contributed by atoms with Gasteiger partial charge in [0, 0.05) is 18.1 Å². The van der Waals surface area contributed by atoms with E-state index in [1.54, 1.807) is 0 Å². The zero-order chi connectivity index (χ0) is 14.3. The van der Waals surface area contributed by atoms with E-state index in [2.05, 4.69) is 21.2 Å². The van der Waals surface area contributed by atoms with Gasteiger partial charge in [0.2, 0.25) is 5.91 Å². The molecule has 1 aromatic rings. The molecule has 0 aliphatic carbocycles. The third kappa shape index (κ3) is 5.72. The number of ether oxygens (including phenoxy) is 1. The van der Waals surface area contributed by atoms with Gasteiger partial charge in [-0.25, -0.2) is 0 Å². The molecule has 1 amide bonds. The largest absolute Gasteiger partial charge is 0.391 e. The van der Waals surface area contributed by atoms with Crippen molar-refractivity contribution in [2.75, 3.05) is 20.3 Å². The molecular formula is C14H20BrNO3. The first-order chi connectivity index (χ1) is 9.04. The first-order valence-corrected chi connectivity index (χ1v) is 7.04. The van der Waals surface area contributed by atoms with Crippen molar-refractivity contribution in [1.82, 2.24) is 5.32 Å². The molecule has 2 N–H and O–H groups in total. The van der Waals surface area contributed by atoms with Gasteiger partial charge in [0.1, 0.15) is 0 Å². The van der Waals surface area contributed by atoms with Gasteiger partial charge in [-0.3, -0.25) is 4.79 Å². The molecule has 2 atom stereocenters. The van der Waals surface area contributed by atoms with Gasteiger partial charge in [-0.15, -0.1) is 0 Å². The third-order valence-electron chi connectivity index (χ3n) is 2.90. The van der Waals surface area contributed by atoms with Gasteiger partial charge in [-0.2, -0.15) is 0 Å². The van der Waals surface area contributed by atoms with Crippen molar-refractivity contribution in [1.29, 1.82) is 0 Å². The number of rotatable bonds is 7. The Morgan fingerprint density at radius 1 is 1.42 bits per heavy atom. The molecule has 0 saturated carbocycles. The summed E-state index contributed by atoms with van der Waals surface area (Å²) in [6.45, 7) is 2.60. The van der Waals surface area contributed by atoms with E-state index in [1.165, 1.54) is 7.11 Å². The van der Waals surface area contributed by atoms with Crippen LogP contribution in [-0.2, 0) is 9.53 Å². The summed E-state index contributed by atoms with van der Waals surface area (Å²) in [6, 6.07) is 7.69. The minimum absolute atomic E-state index is 0.0352. The van der Waals surface area contributed by atoms with Crippen LogP contribution >= 0.6 is 15.9 Å². The fraction of sp³-hybridized carbons (Fsp3) is 0.500. The Morgan fingerprint density at radius 3 is 2.63 bits per heavy atom. The molecule has 4 nitrogen and oxygen atoms in total. The number of nitrogens with one attached hydrogen (secondary N) is 1. The van der Waals surface area contributed by atoms with Crippen LogP contribution in [0.1, 0.15) is 24.8 Å². The number of carbonyl (C=O) groups excluding carboxylic acids is 1. The predicted octanol–water partition coefficient (Wildman–Crippen LogP) is 2.07. The maximum Gasteiger partial charge on any atom is 0.227 e. The van der Waals surface area contributed by atoms with Crippen molar-refractivity contribution in [3.8, 4) is 0 Å². The summed E-state index contributed by atoms with van der Waals surface area (Å²) in [5.74, 6) is -0.236. The molecule has 0 aromatic heterocycles. The number of halogens is 1. The maximum atomic E-state index is 11.9. The van der Waals surface area contributed by atoms with E-state index >= 15 is 0 Å². The SMILES string of the molecule is COCC(O)CCNC(=O)C(C)c1ccc(Br)cc1. The summed E-state index contributed by atoms with van der Waals surface area (Å²) >= 11 is 3.36. The Morgan fingerprint density at radius 2 is 2.05 bits per heavy atom. The summed E-state index contributed by atoms with van der Waals surface area (Å²) < 4.78 is 5.81. The van der Waals surface area contributed by atoms with Gasteiger partial charge in [-0.1, -0.05) is 28.1 Å². The lowest BCUT2D eigenvalue weighted by atomic mass is 10.0. The van der Waals surface area contributed by atoms with Crippen LogP contribution in [0.5, 0.6) is 0 Å². The normalized spacial score (nSPS) is 13.9. The molecule has 0 aliphatic heterocycles. The van der Waals surface area contributed by atoms with Crippen LogP contribution in [0.3, 0.4) is 0 Å². The van der Waals surface area contributed by atoms with Crippen LogP contribution in [-0.4, -0.2) is 37.4 Å². The van der Waals surface area contributed by atoms with Crippen LogP contribution in [0, 0.1) is 0 Å². The molecule has 19 heavy (non-hydrogen) atoms. The molecule has 0 bridgehead atoms. The van der Waals surface area contributed by atoms with E-state index in [9.17, 15) is 9.90 Å². The average molecular weight is 330 g/mol. The monoisotopic (exact) mass is 329 g/mol. The van der Waals surface area contributed by atoms with Gasteiger partial charge in [-0.05, 0) is 31.0 Å². The zero-order valence-electron chi connectivity index (χ0n) is 11.2. The third-order valence-corrected chi connectivity index (χ3v) is 3.43. The maximum absolute atomic E-state index is 11.9. The number of hydrogen-bond donors (Lipinski definition) is 2. The Labute approximate surface area is 122 Å². The summed E-state index contributed by atoms with van der Waals surface area (Å²) in [5.41, 5.74) is 0.970. The number of hydrogen-bond acceptors (Lipinski definition) is 3. The van der Waals surface area contributed by atoms with Crippen molar-refractivity contribution < 1.29 is 14.6 Å². The van der Waals surface area contributed by atoms with Gasteiger partial charge in [0.05, 0.1) is 18.6 Å². The molecule has 0 fully saturated rings. The van der Waals surface area contributed by atoms with Crippen molar-refractivity contribution in [2.24, 2.45) is 0 Å². The minimum atomic E-state index is -0.534. The summed E-state index contributed by atoms with van der Waals surface area (Å²) in [5, 5.41) is 12.3. The van der Waals surface area contributed by atoms with Crippen LogP contribution in [0.25, 0.3) is 0 Å². The Kier molecular flexibility index (Phi) is 7.05.